The number of hydrogen-bond donors (Lipinski definition) is 0. The standard InChI is InChI=1S/C13H15NO/c15-11-14-13(8-4-5-9-13)10-12-6-2-1-3-7-12/h1-3,6-7H,4-5,8-10H2. The Hall–Kier alpha value is -1.40. The fourth-order valence-electron chi connectivity index (χ4n) is 2.43. The van der Waals surface area contributed by atoms with E-state index in [0.29, 0.717) is 0 Å². The van der Waals surface area contributed by atoms with Crippen LogP contribution in [0.4, 0.5) is 0 Å². The van der Waals surface area contributed by atoms with Crippen LogP contribution in [0.3, 0.4) is 0 Å². The van der Waals surface area contributed by atoms with Gasteiger partial charge < -0.3 is 0 Å². The zero-order chi connectivity index (χ0) is 10.6. The van der Waals surface area contributed by atoms with Crippen LogP contribution in [-0.2, 0) is 11.2 Å². The molecule has 78 valence electrons. The van der Waals surface area contributed by atoms with E-state index in [1.54, 1.807) is 6.08 Å². The van der Waals surface area contributed by atoms with Gasteiger partial charge in [-0.05, 0) is 24.8 Å². The molecule has 1 saturated carbocycles. The van der Waals surface area contributed by atoms with Crippen molar-refractivity contribution in [3.8, 4) is 0 Å². The molecule has 1 aliphatic carbocycles. The average molecular weight is 201 g/mol. The number of hydrogen-bond acceptors (Lipinski definition) is 2. The molecule has 0 bridgehead atoms. The van der Waals surface area contributed by atoms with Gasteiger partial charge in [-0.2, -0.15) is 4.99 Å². The van der Waals surface area contributed by atoms with Gasteiger partial charge in [0, 0.05) is 0 Å². The first-order chi connectivity index (χ1) is 7.35. The number of aliphatic imine (C=N–C) groups is 1. The summed E-state index contributed by atoms with van der Waals surface area (Å²) in [6.07, 6.45) is 7.03. The first-order valence-corrected chi connectivity index (χ1v) is 5.48. The van der Waals surface area contributed by atoms with Gasteiger partial charge in [-0.3, -0.25) is 0 Å². The number of rotatable bonds is 3. The summed E-state index contributed by atoms with van der Waals surface area (Å²) in [6.45, 7) is 0. The molecule has 0 unspecified atom stereocenters. The molecular weight excluding hydrogens is 186 g/mol. The van der Waals surface area contributed by atoms with E-state index in [1.807, 2.05) is 18.2 Å². The molecule has 0 radical (unpaired) electrons. The Labute approximate surface area is 90.0 Å². The topological polar surface area (TPSA) is 29.4 Å². The maximum absolute atomic E-state index is 10.5. The molecule has 0 spiro atoms. The second-order valence-electron chi connectivity index (χ2n) is 4.30. The molecule has 2 rings (SSSR count). The molecule has 1 aromatic rings. The minimum Gasteiger partial charge on any atom is -0.211 e. The summed E-state index contributed by atoms with van der Waals surface area (Å²) in [6, 6.07) is 10.3. The second kappa shape index (κ2) is 4.41. The predicted octanol–water partition coefficient (Wildman–Crippen LogP) is 2.88. The molecule has 0 aliphatic heterocycles. The highest BCUT2D eigenvalue weighted by Gasteiger charge is 2.33. The molecule has 1 aliphatic rings. The highest BCUT2D eigenvalue weighted by Crippen LogP contribution is 2.35. The predicted molar refractivity (Wildman–Crippen MR) is 59.5 cm³/mol. The number of benzene rings is 1. The summed E-state index contributed by atoms with van der Waals surface area (Å²) < 4.78 is 0. The fraction of sp³-hybridized carbons (Fsp3) is 0.462. The van der Waals surface area contributed by atoms with Gasteiger partial charge in [-0.25, -0.2) is 4.79 Å². The minimum atomic E-state index is -0.150. The van der Waals surface area contributed by atoms with Crippen molar-refractivity contribution in [1.82, 2.24) is 0 Å². The SMILES string of the molecule is O=C=NC1(Cc2ccccc2)CCCC1. The quantitative estimate of drug-likeness (QED) is 0.546. The van der Waals surface area contributed by atoms with E-state index in [1.165, 1.54) is 18.4 Å². The number of isocyanates is 1. The third-order valence-corrected chi connectivity index (χ3v) is 3.19. The van der Waals surface area contributed by atoms with E-state index >= 15 is 0 Å². The molecule has 0 saturated heterocycles. The van der Waals surface area contributed by atoms with Crippen LogP contribution in [0.5, 0.6) is 0 Å². The van der Waals surface area contributed by atoms with Crippen molar-refractivity contribution in [1.29, 1.82) is 0 Å². The Morgan fingerprint density at radius 3 is 2.47 bits per heavy atom. The molecule has 2 nitrogen and oxygen atoms in total. The summed E-state index contributed by atoms with van der Waals surface area (Å²) in [7, 11) is 0. The van der Waals surface area contributed by atoms with Crippen LogP contribution in [0.2, 0.25) is 0 Å². The average Bonchev–Trinajstić information content (AvgIpc) is 2.69. The Morgan fingerprint density at radius 2 is 1.87 bits per heavy atom. The molecule has 0 amide bonds. The molecule has 1 fully saturated rings. The van der Waals surface area contributed by atoms with Gasteiger partial charge in [0.05, 0.1) is 5.54 Å². The largest absolute Gasteiger partial charge is 0.235 e. The molecule has 0 atom stereocenters. The van der Waals surface area contributed by atoms with E-state index < -0.39 is 0 Å². The van der Waals surface area contributed by atoms with Gasteiger partial charge >= 0.3 is 0 Å². The fourth-order valence-corrected chi connectivity index (χ4v) is 2.43. The highest BCUT2D eigenvalue weighted by atomic mass is 16.1. The van der Waals surface area contributed by atoms with Gasteiger partial charge in [-0.15, -0.1) is 0 Å². The van der Waals surface area contributed by atoms with Crippen LogP contribution in [-0.4, -0.2) is 11.6 Å². The third kappa shape index (κ3) is 2.34. The molecular formula is C13H15NO. The zero-order valence-electron chi connectivity index (χ0n) is 8.78. The van der Waals surface area contributed by atoms with E-state index in [4.69, 9.17) is 0 Å². The van der Waals surface area contributed by atoms with Crippen LogP contribution in [0, 0.1) is 0 Å². The van der Waals surface area contributed by atoms with Crippen LogP contribution in [0.1, 0.15) is 31.2 Å². The van der Waals surface area contributed by atoms with Crippen LogP contribution in [0.15, 0.2) is 35.3 Å². The highest BCUT2D eigenvalue weighted by molar-refractivity contribution is 5.36. The summed E-state index contributed by atoms with van der Waals surface area (Å²) in [5.74, 6) is 0. The van der Waals surface area contributed by atoms with Crippen molar-refractivity contribution < 1.29 is 4.79 Å². The molecule has 0 aromatic heterocycles. The van der Waals surface area contributed by atoms with Crippen molar-refractivity contribution in [3.05, 3.63) is 35.9 Å². The summed E-state index contributed by atoms with van der Waals surface area (Å²) >= 11 is 0. The Balaban J connectivity index is 2.17. The Bertz CT molecular complexity index is 359. The maximum atomic E-state index is 10.5. The zero-order valence-corrected chi connectivity index (χ0v) is 8.78. The number of carbonyl (C=O) groups excluding carboxylic acids is 1. The lowest BCUT2D eigenvalue weighted by atomic mass is 9.90. The summed E-state index contributed by atoms with van der Waals surface area (Å²) in [4.78, 5) is 14.5. The summed E-state index contributed by atoms with van der Waals surface area (Å²) in [5.41, 5.74) is 1.11. The van der Waals surface area contributed by atoms with Gasteiger partial charge in [-0.1, -0.05) is 43.2 Å². The van der Waals surface area contributed by atoms with Crippen LogP contribution in [0.25, 0.3) is 0 Å². The maximum Gasteiger partial charge on any atom is 0.235 e. The first kappa shape index (κ1) is 10.1. The van der Waals surface area contributed by atoms with Crippen molar-refractivity contribution >= 4 is 6.08 Å². The van der Waals surface area contributed by atoms with Gasteiger partial charge in [0.1, 0.15) is 0 Å². The summed E-state index contributed by atoms with van der Waals surface area (Å²) in [5, 5.41) is 0. The van der Waals surface area contributed by atoms with Crippen LogP contribution >= 0.6 is 0 Å². The molecule has 2 heteroatoms. The Morgan fingerprint density at radius 1 is 1.20 bits per heavy atom. The molecule has 0 N–H and O–H groups in total. The molecule has 15 heavy (non-hydrogen) atoms. The van der Waals surface area contributed by atoms with Gasteiger partial charge in [0.2, 0.25) is 6.08 Å². The third-order valence-electron chi connectivity index (χ3n) is 3.19. The van der Waals surface area contributed by atoms with E-state index in [9.17, 15) is 4.79 Å². The number of nitrogens with zero attached hydrogens (tertiary/aromatic N) is 1. The monoisotopic (exact) mass is 201 g/mol. The molecule has 0 heterocycles. The van der Waals surface area contributed by atoms with Crippen LogP contribution < -0.4 is 0 Å². The van der Waals surface area contributed by atoms with Crippen molar-refractivity contribution in [2.75, 3.05) is 0 Å². The Kier molecular flexibility index (Phi) is 2.98. The van der Waals surface area contributed by atoms with Crippen molar-refractivity contribution in [3.63, 3.8) is 0 Å². The second-order valence-corrected chi connectivity index (χ2v) is 4.30. The lowest BCUT2D eigenvalue weighted by Gasteiger charge is -2.21. The smallest absolute Gasteiger partial charge is 0.211 e. The lowest BCUT2D eigenvalue weighted by molar-refractivity contribution is 0.433. The minimum absolute atomic E-state index is 0.150. The van der Waals surface area contributed by atoms with E-state index in [2.05, 4.69) is 17.1 Å². The van der Waals surface area contributed by atoms with E-state index in [0.717, 1.165) is 19.3 Å². The van der Waals surface area contributed by atoms with Gasteiger partial charge in [0.25, 0.3) is 0 Å². The van der Waals surface area contributed by atoms with Gasteiger partial charge in [0.15, 0.2) is 0 Å². The molecule has 1 aromatic carbocycles. The van der Waals surface area contributed by atoms with Crippen molar-refractivity contribution in [2.24, 2.45) is 4.99 Å². The normalized spacial score (nSPS) is 18.4. The van der Waals surface area contributed by atoms with Crippen molar-refractivity contribution in [2.45, 2.75) is 37.6 Å². The lowest BCUT2D eigenvalue weighted by Crippen LogP contribution is -2.24. The first-order valence-electron chi connectivity index (χ1n) is 5.48. The van der Waals surface area contributed by atoms with E-state index in [-0.39, 0.29) is 5.54 Å².